The quantitative estimate of drug-likeness (QED) is 0.892. The van der Waals surface area contributed by atoms with Crippen LogP contribution in [0.4, 0.5) is 0 Å². The van der Waals surface area contributed by atoms with Crippen molar-refractivity contribution < 1.29 is 0 Å². The first-order valence-corrected chi connectivity index (χ1v) is 8.14. The van der Waals surface area contributed by atoms with E-state index in [0.29, 0.717) is 6.04 Å². The monoisotopic (exact) mass is 324 g/mol. The van der Waals surface area contributed by atoms with E-state index in [-0.39, 0.29) is 0 Å². The molecule has 0 heterocycles. The van der Waals surface area contributed by atoms with Gasteiger partial charge < -0.3 is 5.73 Å². The molecule has 0 aromatic heterocycles. The highest BCUT2D eigenvalue weighted by Gasteiger charge is 2.25. The van der Waals surface area contributed by atoms with E-state index in [1.165, 1.54) is 37.7 Å². The lowest BCUT2D eigenvalue weighted by Crippen LogP contribution is -2.43. The maximum atomic E-state index is 6.03. The lowest BCUT2D eigenvalue weighted by atomic mass is 9.83. The van der Waals surface area contributed by atoms with E-state index in [1.54, 1.807) is 0 Å². The van der Waals surface area contributed by atoms with Crippen LogP contribution in [0, 0.1) is 5.92 Å². The maximum absolute atomic E-state index is 6.03. The molecule has 1 unspecified atom stereocenters. The zero-order valence-corrected chi connectivity index (χ0v) is 13.4. The zero-order chi connectivity index (χ0) is 13.7. The summed E-state index contributed by atoms with van der Waals surface area (Å²) in [6, 6.07) is 9.14. The number of likely N-dealkylation sites (N-methyl/N-ethyl adjacent to an activating group) is 1. The van der Waals surface area contributed by atoms with E-state index < -0.39 is 0 Å². The highest BCUT2D eigenvalue weighted by Crippen LogP contribution is 2.28. The molecule has 0 amide bonds. The van der Waals surface area contributed by atoms with Crippen molar-refractivity contribution in [3.8, 4) is 0 Å². The molecule has 1 aromatic carbocycles. The molecule has 0 saturated heterocycles. The predicted molar refractivity (Wildman–Crippen MR) is 85.0 cm³/mol. The summed E-state index contributed by atoms with van der Waals surface area (Å²) in [6.45, 7) is 1.77. The fourth-order valence-electron chi connectivity index (χ4n) is 3.25. The fourth-order valence-corrected chi connectivity index (χ4v) is 3.51. The summed E-state index contributed by atoms with van der Waals surface area (Å²) in [5.74, 6) is 0.791. The first kappa shape index (κ1) is 15.0. The van der Waals surface area contributed by atoms with Crippen molar-refractivity contribution in [2.24, 2.45) is 11.7 Å². The molecule has 106 valence electrons. The third kappa shape index (κ3) is 4.30. The number of hydrogen-bond donors (Lipinski definition) is 1. The smallest absolute Gasteiger partial charge is 0.0247 e. The number of nitrogens with two attached hydrogens (primary N) is 1. The van der Waals surface area contributed by atoms with Gasteiger partial charge in [-0.3, -0.25) is 4.90 Å². The summed E-state index contributed by atoms with van der Waals surface area (Å²) in [6.07, 6.45) is 6.88. The van der Waals surface area contributed by atoms with Crippen LogP contribution in [-0.4, -0.2) is 24.5 Å². The highest BCUT2D eigenvalue weighted by atomic mass is 79.9. The minimum atomic E-state index is 0.531. The number of rotatable bonds is 5. The Bertz CT molecular complexity index is 371. The minimum Gasteiger partial charge on any atom is -0.329 e. The Labute approximate surface area is 125 Å². The molecule has 1 aromatic rings. The maximum Gasteiger partial charge on any atom is 0.0247 e. The van der Waals surface area contributed by atoms with Crippen molar-refractivity contribution in [2.75, 3.05) is 13.6 Å². The first-order valence-electron chi connectivity index (χ1n) is 7.35. The predicted octanol–water partition coefficient (Wildman–Crippen LogP) is 3.79. The van der Waals surface area contributed by atoms with Crippen LogP contribution >= 0.6 is 15.9 Å². The second-order valence-electron chi connectivity index (χ2n) is 5.74. The zero-order valence-electron chi connectivity index (χ0n) is 11.8. The van der Waals surface area contributed by atoms with Crippen LogP contribution in [0.1, 0.15) is 37.7 Å². The van der Waals surface area contributed by atoms with Crippen molar-refractivity contribution in [3.05, 3.63) is 34.3 Å². The number of benzene rings is 1. The normalized spacial score (nSPS) is 18.7. The van der Waals surface area contributed by atoms with Gasteiger partial charge in [-0.15, -0.1) is 0 Å². The van der Waals surface area contributed by atoms with E-state index in [4.69, 9.17) is 5.73 Å². The Morgan fingerprint density at radius 3 is 2.42 bits per heavy atom. The molecule has 0 aliphatic heterocycles. The van der Waals surface area contributed by atoms with Gasteiger partial charge in [-0.25, -0.2) is 0 Å². The molecule has 0 spiro atoms. The summed E-state index contributed by atoms with van der Waals surface area (Å²) in [5, 5.41) is 0. The third-order valence-electron chi connectivity index (χ3n) is 4.35. The lowest BCUT2D eigenvalue weighted by Gasteiger charge is -2.36. The van der Waals surface area contributed by atoms with Gasteiger partial charge in [0, 0.05) is 23.6 Å². The van der Waals surface area contributed by atoms with Crippen molar-refractivity contribution in [1.29, 1.82) is 0 Å². The highest BCUT2D eigenvalue weighted by molar-refractivity contribution is 9.10. The standard InChI is InChI=1S/C16H25BrN2/c1-19(12-13-7-9-15(17)10-8-13)16(11-18)14-5-3-2-4-6-14/h7-10,14,16H,2-6,11-12,18H2,1H3. The molecule has 3 heteroatoms. The molecule has 2 N–H and O–H groups in total. The summed E-state index contributed by atoms with van der Waals surface area (Å²) >= 11 is 3.48. The van der Waals surface area contributed by atoms with Crippen LogP contribution in [0.3, 0.4) is 0 Å². The van der Waals surface area contributed by atoms with E-state index in [2.05, 4.69) is 52.1 Å². The SMILES string of the molecule is CN(Cc1ccc(Br)cc1)C(CN)C1CCCCC1. The van der Waals surface area contributed by atoms with Crippen molar-refractivity contribution in [2.45, 2.75) is 44.7 Å². The van der Waals surface area contributed by atoms with E-state index in [0.717, 1.165) is 23.5 Å². The van der Waals surface area contributed by atoms with Gasteiger partial charge in [0.1, 0.15) is 0 Å². The van der Waals surface area contributed by atoms with Crippen molar-refractivity contribution in [3.63, 3.8) is 0 Å². The number of hydrogen-bond acceptors (Lipinski definition) is 2. The average molecular weight is 325 g/mol. The van der Waals surface area contributed by atoms with Gasteiger partial charge in [0.2, 0.25) is 0 Å². The Kier molecular flexibility index (Phi) is 5.86. The molecule has 2 nitrogen and oxygen atoms in total. The van der Waals surface area contributed by atoms with E-state index >= 15 is 0 Å². The Balaban J connectivity index is 1.95. The molecule has 1 atom stereocenters. The number of halogens is 1. The van der Waals surface area contributed by atoms with Crippen LogP contribution in [0.5, 0.6) is 0 Å². The molecule has 0 radical (unpaired) electrons. The topological polar surface area (TPSA) is 29.3 Å². The third-order valence-corrected chi connectivity index (χ3v) is 4.88. The van der Waals surface area contributed by atoms with Gasteiger partial charge in [0.25, 0.3) is 0 Å². The van der Waals surface area contributed by atoms with Gasteiger partial charge in [-0.05, 0) is 43.5 Å². The molecular formula is C16H25BrN2. The van der Waals surface area contributed by atoms with Crippen molar-refractivity contribution >= 4 is 15.9 Å². The Morgan fingerprint density at radius 1 is 1.21 bits per heavy atom. The van der Waals surface area contributed by atoms with Crippen LogP contribution in [0.25, 0.3) is 0 Å². The van der Waals surface area contributed by atoms with Gasteiger partial charge in [0.15, 0.2) is 0 Å². The van der Waals surface area contributed by atoms with E-state index in [9.17, 15) is 0 Å². The largest absolute Gasteiger partial charge is 0.329 e. The lowest BCUT2D eigenvalue weighted by molar-refractivity contribution is 0.143. The van der Waals surface area contributed by atoms with Gasteiger partial charge in [-0.2, -0.15) is 0 Å². The molecule has 1 aliphatic carbocycles. The molecule has 1 fully saturated rings. The molecule has 2 rings (SSSR count). The van der Waals surface area contributed by atoms with Gasteiger partial charge >= 0.3 is 0 Å². The van der Waals surface area contributed by atoms with Crippen LogP contribution in [0.2, 0.25) is 0 Å². The van der Waals surface area contributed by atoms with Gasteiger partial charge in [0.05, 0.1) is 0 Å². The summed E-state index contributed by atoms with van der Waals surface area (Å²) in [5.41, 5.74) is 7.39. The molecule has 19 heavy (non-hydrogen) atoms. The average Bonchev–Trinajstić information content (AvgIpc) is 2.43. The molecule has 1 aliphatic rings. The van der Waals surface area contributed by atoms with Crippen molar-refractivity contribution in [1.82, 2.24) is 4.90 Å². The van der Waals surface area contributed by atoms with Gasteiger partial charge in [-0.1, -0.05) is 47.3 Å². The summed E-state index contributed by atoms with van der Waals surface area (Å²) < 4.78 is 1.14. The second kappa shape index (κ2) is 7.41. The van der Waals surface area contributed by atoms with E-state index in [1.807, 2.05) is 0 Å². The molecule has 0 bridgehead atoms. The summed E-state index contributed by atoms with van der Waals surface area (Å²) in [4.78, 5) is 2.44. The molecule has 1 saturated carbocycles. The Hall–Kier alpha value is -0.380. The second-order valence-corrected chi connectivity index (χ2v) is 6.66. The van der Waals surface area contributed by atoms with Crippen LogP contribution in [0.15, 0.2) is 28.7 Å². The first-order chi connectivity index (χ1) is 9.20. The number of nitrogens with zero attached hydrogens (tertiary/aromatic N) is 1. The summed E-state index contributed by atoms with van der Waals surface area (Å²) in [7, 11) is 2.22. The Morgan fingerprint density at radius 2 is 1.84 bits per heavy atom. The van der Waals surface area contributed by atoms with Crippen LogP contribution < -0.4 is 5.73 Å². The minimum absolute atomic E-state index is 0.531. The van der Waals surface area contributed by atoms with Crippen LogP contribution in [-0.2, 0) is 6.54 Å². The molecular weight excluding hydrogens is 300 g/mol. The fraction of sp³-hybridized carbons (Fsp3) is 0.625.